The van der Waals surface area contributed by atoms with Crippen molar-refractivity contribution in [1.29, 1.82) is 5.41 Å². The largest absolute Gasteiger partial charge is 0.494 e. The Hall–Kier alpha value is -2.29. The van der Waals surface area contributed by atoms with Crippen LogP contribution >= 0.6 is 0 Å². The van der Waals surface area contributed by atoms with E-state index in [2.05, 4.69) is 24.3 Å². The lowest BCUT2D eigenvalue weighted by Gasteiger charge is -2.07. The molecule has 3 nitrogen and oxygen atoms in total. The van der Waals surface area contributed by atoms with E-state index in [9.17, 15) is 0 Å². The van der Waals surface area contributed by atoms with Crippen LogP contribution in [0.2, 0.25) is 0 Å². The van der Waals surface area contributed by atoms with Crippen LogP contribution in [0.15, 0.2) is 54.6 Å². The van der Waals surface area contributed by atoms with Crippen LogP contribution < -0.4 is 10.5 Å². The fourth-order valence-electron chi connectivity index (χ4n) is 2.02. The highest BCUT2D eigenvalue weighted by atomic mass is 16.5. The standard InChI is InChI=1S/C17H20N2O/c18-17(19)15-10-6-11-16(13-15)20-12-5-4-9-14-7-2-1-3-8-14/h1-3,6-8,10-11,13H,4-5,9,12H2,(H3,18,19). The highest BCUT2D eigenvalue weighted by molar-refractivity contribution is 5.95. The molecule has 20 heavy (non-hydrogen) atoms. The third-order valence-corrected chi connectivity index (χ3v) is 3.12. The van der Waals surface area contributed by atoms with Crippen LogP contribution in [0.3, 0.4) is 0 Å². The minimum absolute atomic E-state index is 0.0690. The molecule has 0 heterocycles. The normalized spacial score (nSPS) is 10.2. The van der Waals surface area contributed by atoms with Gasteiger partial charge < -0.3 is 10.5 Å². The summed E-state index contributed by atoms with van der Waals surface area (Å²) >= 11 is 0. The number of ether oxygens (including phenoxy) is 1. The Morgan fingerprint density at radius 2 is 1.80 bits per heavy atom. The van der Waals surface area contributed by atoms with Gasteiger partial charge in [0.05, 0.1) is 6.61 Å². The third kappa shape index (κ3) is 4.43. The molecular formula is C17H20N2O. The molecule has 0 atom stereocenters. The van der Waals surface area contributed by atoms with Gasteiger partial charge in [0.2, 0.25) is 0 Å². The maximum absolute atomic E-state index is 7.39. The summed E-state index contributed by atoms with van der Waals surface area (Å²) in [5.74, 6) is 0.844. The molecule has 0 unspecified atom stereocenters. The van der Waals surface area contributed by atoms with Gasteiger partial charge in [-0.3, -0.25) is 5.41 Å². The summed E-state index contributed by atoms with van der Waals surface area (Å²) in [7, 11) is 0. The summed E-state index contributed by atoms with van der Waals surface area (Å²) < 4.78 is 5.68. The molecule has 2 aromatic carbocycles. The van der Waals surface area contributed by atoms with Crippen molar-refractivity contribution in [2.24, 2.45) is 5.73 Å². The van der Waals surface area contributed by atoms with Gasteiger partial charge >= 0.3 is 0 Å². The van der Waals surface area contributed by atoms with Crippen molar-refractivity contribution in [1.82, 2.24) is 0 Å². The Bertz CT molecular complexity index is 552. The molecule has 2 rings (SSSR count). The van der Waals surface area contributed by atoms with E-state index in [1.165, 1.54) is 5.56 Å². The lowest BCUT2D eigenvalue weighted by atomic mass is 10.1. The Kier molecular flexibility index (Phi) is 5.18. The number of nitrogens with two attached hydrogens (primary N) is 1. The summed E-state index contributed by atoms with van der Waals surface area (Å²) in [5, 5.41) is 7.39. The zero-order chi connectivity index (χ0) is 14.2. The Morgan fingerprint density at radius 3 is 2.55 bits per heavy atom. The predicted octanol–water partition coefficient (Wildman–Crippen LogP) is 3.37. The van der Waals surface area contributed by atoms with Crippen molar-refractivity contribution in [2.75, 3.05) is 6.61 Å². The zero-order valence-corrected chi connectivity index (χ0v) is 11.5. The van der Waals surface area contributed by atoms with E-state index < -0.39 is 0 Å². The SMILES string of the molecule is N=C(N)c1cccc(OCCCCc2ccccc2)c1. The van der Waals surface area contributed by atoms with Crippen molar-refractivity contribution >= 4 is 5.84 Å². The van der Waals surface area contributed by atoms with E-state index in [0.29, 0.717) is 12.2 Å². The smallest absolute Gasteiger partial charge is 0.122 e. The van der Waals surface area contributed by atoms with Crippen molar-refractivity contribution in [3.8, 4) is 5.75 Å². The van der Waals surface area contributed by atoms with Crippen LogP contribution in [-0.4, -0.2) is 12.4 Å². The predicted molar refractivity (Wildman–Crippen MR) is 82.3 cm³/mol. The number of nitrogen functional groups attached to an aromatic ring is 1. The number of rotatable bonds is 7. The van der Waals surface area contributed by atoms with E-state index in [0.717, 1.165) is 25.0 Å². The number of hydrogen-bond acceptors (Lipinski definition) is 2. The van der Waals surface area contributed by atoms with Crippen molar-refractivity contribution < 1.29 is 4.74 Å². The maximum Gasteiger partial charge on any atom is 0.122 e. The monoisotopic (exact) mass is 268 g/mol. The number of nitrogens with one attached hydrogen (secondary N) is 1. The molecule has 0 bridgehead atoms. The lowest BCUT2D eigenvalue weighted by Crippen LogP contribution is -2.11. The lowest BCUT2D eigenvalue weighted by molar-refractivity contribution is 0.307. The minimum Gasteiger partial charge on any atom is -0.494 e. The first-order valence-corrected chi connectivity index (χ1v) is 6.87. The van der Waals surface area contributed by atoms with Gasteiger partial charge in [-0.2, -0.15) is 0 Å². The van der Waals surface area contributed by atoms with Crippen LogP contribution in [0.5, 0.6) is 5.75 Å². The Balaban J connectivity index is 1.71. The van der Waals surface area contributed by atoms with Gasteiger partial charge in [0.25, 0.3) is 0 Å². The van der Waals surface area contributed by atoms with Gasteiger partial charge in [0.1, 0.15) is 11.6 Å². The topological polar surface area (TPSA) is 59.1 Å². The molecule has 104 valence electrons. The molecule has 0 aromatic heterocycles. The molecule has 3 N–H and O–H groups in total. The van der Waals surface area contributed by atoms with Crippen LogP contribution in [0.1, 0.15) is 24.0 Å². The maximum atomic E-state index is 7.39. The van der Waals surface area contributed by atoms with Crippen molar-refractivity contribution in [3.63, 3.8) is 0 Å². The van der Waals surface area contributed by atoms with Gasteiger partial charge in [-0.15, -0.1) is 0 Å². The van der Waals surface area contributed by atoms with Crippen LogP contribution in [0.4, 0.5) is 0 Å². The fourth-order valence-corrected chi connectivity index (χ4v) is 2.02. The van der Waals surface area contributed by atoms with E-state index in [-0.39, 0.29) is 5.84 Å². The van der Waals surface area contributed by atoms with Gasteiger partial charge in [-0.1, -0.05) is 42.5 Å². The molecule has 3 heteroatoms. The van der Waals surface area contributed by atoms with Gasteiger partial charge in [0.15, 0.2) is 0 Å². The number of aryl methyl sites for hydroxylation is 1. The van der Waals surface area contributed by atoms with E-state index in [4.69, 9.17) is 15.9 Å². The number of hydrogen-bond donors (Lipinski definition) is 2. The second kappa shape index (κ2) is 7.34. The second-order valence-corrected chi connectivity index (χ2v) is 4.73. The van der Waals surface area contributed by atoms with E-state index in [1.54, 1.807) is 6.07 Å². The molecular weight excluding hydrogens is 248 g/mol. The third-order valence-electron chi connectivity index (χ3n) is 3.12. The molecule has 0 fully saturated rings. The highest BCUT2D eigenvalue weighted by Crippen LogP contribution is 2.13. The first-order chi connectivity index (χ1) is 9.75. The van der Waals surface area contributed by atoms with Crippen molar-refractivity contribution in [2.45, 2.75) is 19.3 Å². The first-order valence-electron chi connectivity index (χ1n) is 6.87. The Labute approximate surface area is 119 Å². The highest BCUT2D eigenvalue weighted by Gasteiger charge is 1.99. The number of benzene rings is 2. The number of unbranched alkanes of at least 4 members (excludes halogenated alkanes) is 1. The second-order valence-electron chi connectivity index (χ2n) is 4.73. The molecule has 0 aliphatic carbocycles. The summed E-state index contributed by atoms with van der Waals surface area (Å²) in [6, 6.07) is 17.8. The first kappa shape index (κ1) is 14.1. The van der Waals surface area contributed by atoms with Gasteiger partial charge in [-0.25, -0.2) is 0 Å². The molecule has 0 saturated carbocycles. The average Bonchev–Trinajstić information content (AvgIpc) is 2.48. The molecule has 0 amide bonds. The summed E-state index contributed by atoms with van der Waals surface area (Å²) in [6.07, 6.45) is 3.20. The molecule has 2 aromatic rings. The van der Waals surface area contributed by atoms with Gasteiger partial charge in [-0.05, 0) is 37.0 Å². The van der Waals surface area contributed by atoms with E-state index in [1.807, 2.05) is 24.3 Å². The van der Waals surface area contributed by atoms with Crippen LogP contribution in [-0.2, 0) is 6.42 Å². The summed E-state index contributed by atoms with van der Waals surface area (Å²) in [4.78, 5) is 0. The van der Waals surface area contributed by atoms with Crippen molar-refractivity contribution in [3.05, 3.63) is 65.7 Å². The van der Waals surface area contributed by atoms with Crippen LogP contribution in [0, 0.1) is 5.41 Å². The quantitative estimate of drug-likeness (QED) is 0.459. The molecule has 0 radical (unpaired) electrons. The minimum atomic E-state index is 0.0690. The molecule has 0 aliphatic heterocycles. The summed E-state index contributed by atoms with van der Waals surface area (Å²) in [5.41, 5.74) is 7.52. The Morgan fingerprint density at radius 1 is 1.00 bits per heavy atom. The zero-order valence-electron chi connectivity index (χ0n) is 11.5. The average molecular weight is 268 g/mol. The molecule has 0 saturated heterocycles. The molecule has 0 spiro atoms. The molecule has 0 aliphatic rings. The summed E-state index contributed by atoms with van der Waals surface area (Å²) in [6.45, 7) is 0.689. The number of amidine groups is 1. The van der Waals surface area contributed by atoms with E-state index >= 15 is 0 Å². The fraction of sp³-hybridized carbons (Fsp3) is 0.235. The van der Waals surface area contributed by atoms with Gasteiger partial charge in [0, 0.05) is 5.56 Å². The van der Waals surface area contributed by atoms with Crippen LogP contribution in [0.25, 0.3) is 0 Å².